The Kier molecular flexibility index (Phi) is 3.21. The van der Waals surface area contributed by atoms with E-state index in [2.05, 4.69) is 0 Å². The van der Waals surface area contributed by atoms with Crippen LogP contribution in [-0.4, -0.2) is 53.5 Å². The molecule has 1 saturated heterocycles. The first-order chi connectivity index (χ1) is 8.37. The second-order valence-electron chi connectivity index (χ2n) is 5.13. The summed E-state index contributed by atoms with van der Waals surface area (Å²) < 4.78 is 10.3. The zero-order chi connectivity index (χ0) is 13.7. The first-order valence-electron chi connectivity index (χ1n) is 5.97. The summed E-state index contributed by atoms with van der Waals surface area (Å²) in [5.41, 5.74) is -1.50. The SMILES string of the molecule is COC(=O)[C@@]12[C@@H](C(C)=O)O[C@@H](C[C@H](O)[C@H]1O)[C@H]2C. The van der Waals surface area contributed by atoms with Gasteiger partial charge in [-0.25, -0.2) is 0 Å². The van der Waals surface area contributed by atoms with Gasteiger partial charge in [0.15, 0.2) is 5.78 Å². The number of ketones is 1. The monoisotopic (exact) mass is 258 g/mol. The van der Waals surface area contributed by atoms with Gasteiger partial charge in [0.05, 0.1) is 25.4 Å². The van der Waals surface area contributed by atoms with E-state index in [1.165, 1.54) is 14.0 Å². The molecule has 0 radical (unpaired) electrons. The van der Waals surface area contributed by atoms with E-state index in [1.54, 1.807) is 6.92 Å². The average Bonchev–Trinajstić information content (AvgIpc) is 2.55. The number of hydrogen-bond donors (Lipinski definition) is 2. The van der Waals surface area contributed by atoms with Crippen molar-refractivity contribution in [1.29, 1.82) is 0 Å². The first-order valence-corrected chi connectivity index (χ1v) is 5.97. The predicted octanol–water partition coefficient (Wildman–Crippen LogP) is -0.736. The number of ether oxygens (including phenoxy) is 2. The lowest BCUT2D eigenvalue weighted by Crippen LogP contribution is -2.61. The van der Waals surface area contributed by atoms with Crippen LogP contribution in [0.5, 0.6) is 0 Å². The molecule has 1 saturated carbocycles. The molecule has 0 amide bonds. The van der Waals surface area contributed by atoms with Gasteiger partial charge in [-0.1, -0.05) is 6.92 Å². The van der Waals surface area contributed by atoms with Gasteiger partial charge in [-0.2, -0.15) is 0 Å². The molecular weight excluding hydrogens is 240 g/mol. The maximum absolute atomic E-state index is 12.1. The molecule has 2 N–H and O–H groups in total. The minimum Gasteiger partial charge on any atom is -0.468 e. The van der Waals surface area contributed by atoms with Crippen molar-refractivity contribution in [2.75, 3.05) is 7.11 Å². The molecule has 102 valence electrons. The molecule has 1 aliphatic heterocycles. The zero-order valence-corrected chi connectivity index (χ0v) is 10.6. The molecule has 2 fully saturated rings. The fourth-order valence-corrected chi connectivity index (χ4v) is 3.34. The maximum atomic E-state index is 12.1. The summed E-state index contributed by atoms with van der Waals surface area (Å²) in [6.07, 6.45) is -3.71. The molecule has 18 heavy (non-hydrogen) atoms. The van der Waals surface area contributed by atoms with Crippen LogP contribution in [0.4, 0.5) is 0 Å². The van der Waals surface area contributed by atoms with Crippen molar-refractivity contribution in [2.45, 2.75) is 44.7 Å². The number of fused-ring (bicyclic) bond motifs is 2. The summed E-state index contributed by atoms with van der Waals surface area (Å²) in [5, 5.41) is 20.1. The van der Waals surface area contributed by atoms with E-state index >= 15 is 0 Å². The highest BCUT2D eigenvalue weighted by molar-refractivity contribution is 5.91. The third-order valence-electron chi connectivity index (χ3n) is 4.29. The van der Waals surface area contributed by atoms with Crippen molar-refractivity contribution in [1.82, 2.24) is 0 Å². The standard InChI is InChI=1S/C12H18O6/c1-5-8-4-7(14)9(15)12(5,11(16)17-3)10(18-8)6(2)13/h5,7-10,14-15H,4H2,1-3H3/t5-,7+,8+,9-,10-,12-/m1/s1. The molecule has 6 heteroatoms. The number of methoxy groups -OCH3 is 1. The summed E-state index contributed by atoms with van der Waals surface area (Å²) in [6.45, 7) is 3.04. The predicted molar refractivity (Wildman–Crippen MR) is 59.6 cm³/mol. The largest absolute Gasteiger partial charge is 0.468 e. The number of carbonyl (C=O) groups is 2. The third kappa shape index (κ3) is 1.46. The van der Waals surface area contributed by atoms with Gasteiger partial charge in [-0.05, 0) is 6.92 Å². The Labute approximate surface area is 105 Å². The third-order valence-corrected chi connectivity index (χ3v) is 4.29. The van der Waals surface area contributed by atoms with Crippen LogP contribution in [0.3, 0.4) is 0 Å². The highest BCUT2D eigenvalue weighted by Crippen LogP contribution is 2.53. The van der Waals surface area contributed by atoms with E-state index in [4.69, 9.17) is 9.47 Å². The smallest absolute Gasteiger partial charge is 0.318 e. The van der Waals surface area contributed by atoms with Crippen molar-refractivity contribution in [3.05, 3.63) is 0 Å². The quantitative estimate of drug-likeness (QED) is 0.634. The Morgan fingerprint density at radius 1 is 1.39 bits per heavy atom. The number of carbonyl (C=O) groups excluding carboxylic acids is 2. The number of aliphatic hydroxyl groups excluding tert-OH is 2. The number of aliphatic hydroxyl groups is 2. The first kappa shape index (κ1) is 13.5. The van der Waals surface area contributed by atoms with Crippen molar-refractivity contribution in [3.8, 4) is 0 Å². The van der Waals surface area contributed by atoms with Crippen LogP contribution in [0.15, 0.2) is 0 Å². The molecule has 0 aromatic carbocycles. The van der Waals surface area contributed by atoms with Gasteiger partial charge in [-0.15, -0.1) is 0 Å². The molecule has 1 aliphatic carbocycles. The molecule has 0 aromatic rings. The fraction of sp³-hybridized carbons (Fsp3) is 0.833. The molecule has 0 unspecified atom stereocenters. The minimum atomic E-state index is -1.50. The zero-order valence-electron chi connectivity index (χ0n) is 10.6. The summed E-state index contributed by atoms with van der Waals surface area (Å²) in [7, 11) is 1.20. The average molecular weight is 258 g/mol. The summed E-state index contributed by atoms with van der Waals surface area (Å²) in [6, 6.07) is 0. The van der Waals surface area contributed by atoms with Crippen LogP contribution in [-0.2, 0) is 19.1 Å². The Balaban J connectivity index is 2.54. The topological polar surface area (TPSA) is 93.1 Å². The van der Waals surface area contributed by atoms with Crippen molar-refractivity contribution < 1.29 is 29.3 Å². The normalized spacial score (nSPS) is 46.8. The number of hydrogen-bond acceptors (Lipinski definition) is 6. The lowest BCUT2D eigenvalue weighted by molar-refractivity contribution is -0.181. The van der Waals surface area contributed by atoms with E-state index in [0.29, 0.717) is 0 Å². The molecule has 2 aliphatic rings. The van der Waals surface area contributed by atoms with Gasteiger partial charge in [0.1, 0.15) is 11.5 Å². The van der Waals surface area contributed by atoms with Gasteiger partial charge in [0.25, 0.3) is 0 Å². The van der Waals surface area contributed by atoms with Crippen LogP contribution < -0.4 is 0 Å². The molecule has 1 heterocycles. The molecule has 2 bridgehead atoms. The van der Waals surface area contributed by atoms with Crippen LogP contribution in [0.1, 0.15) is 20.3 Å². The lowest BCUT2D eigenvalue weighted by Gasteiger charge is -2.42. The van der Waals surface area contributed by atoms with E-state index in [9.17, 15) is 19.8 Å². The molecule has 2 rings (SSSR count). The molecule has 6 nitrogen and oxygen atoms in total. The maximum Gasteiger partial charge on any atom is 0.318 e. The second kappa shape index (κ2) is 4.29. The van der Waals surface area contributed by atoms with Crippen molar-refractivity contribution >= 4 is 11.8 Å². The van der Waals surface area contributed by atoms with Crippen molar-refractivity contribution in [2.24, 2.45) is 11.3 Å². The summed E-state index contributed by atoms with van der Waals surface area (Å²) in [4.78, 5) is 23.8. The van der Waals surface area contributed by atoms with E-state index in [-0.39, 0.29) is 18.1 Å². The fourth-order valence-electron chi connectivity index (χ4n) is 3.34. The number of rotatable bonds is 2. The summed E-state index contributed by atoms with van der Waals surface area (Å²) in [5.74, 6) is -1.43. The number of esters is 1. The van der Waals surface area contributed by atoms with E-state index < -0.39 is 35.8 Å². The van der Waals surface area contributed by atoms with Gasteiger partial charge in [0.2, 0.25) is 0 Å². The number of Topliss-reactive ketones (excluding diaryl/α,β-unsaturated/α-hetero) is 1. The van der Waals surface area contributed by atoms with Crippen LogP contribution in [0.2, 0.25) is 0 Å². The highest BCUT2D eigenvalue weighted by atomic mass is 16.5. The van der Waals surface area contributed by atoms with E-state index in [1.807, 2.05) is 0 Å². The minimum absolute atomic E-state index is 0.213. The van der Waals surface area contributed by atoms with E-state index in [0.717, 1.165) is 0 Å². The second-order valence-corrected chi connectivity index (χ2v) is 5.13. The molecule has 6 atom stereocenters. The van der Waals surface area contributed by atoms with Gasteiger partial charge >= 0.3 is 5.97 Å². The van der Waals surface area contributed by atoms with Gasteiger partial charge in [0, 0.05) is 12.3 Å². The Morgan fingerprint density at radius 3 is 2.50 bits per heavy atom. The Bertz CT molecular complexity index is 381. The van der Waals surface area contributed by atoms with Gasteiger partial charge < -0.3 is 19.7 Å². The van der Waals surface area contributed by atoms with Crippen LogP contribution >= 0.6 is 0 Å². The summed E-state index contributed by atoms with van der Waals surface area (Å²) >= 11 is 0. The Hall–Kier alpha value is -0.980. The van der Waals surface area contributed by atoms with Crippen LogP contribution in [0, 0.1) is 11.3 Å². The molecule has 0 spiro atoms. The van der Waals surface area contributed by atoms with Gasteiger partial charge in [-0.3, -0.25) is 9.59 Å². The molecule has 0 aromatic heterocycles. The Morgan fingerprint density at radius 2 is 2.00 bits per heavy atom. The highest BCUT2D eigenvalue weighted by Gasteiger charge is 2.69. The van der Waals surface area contributed by atoms with Crippen LogP contribution in [0.25, 0.3) is 0 Å². The van der Waals surface area contributed by atoms with Crippen molar-refractivity contribution in [3.63, 3.8) is 0 Å². The lowest BCUT2D eigenvalue weighted by atomic mass is 9.61. The molecular formula is C12H18O6.